The molecule has 4 nitrogen and oxygen atoms in total. The molecular weight excluding hydrogens is 260 g/mol. The summed E-state index contributed by atoms with van der Waals surface area (Å²) >= 11 is 1.50. The third-order valence-electron chi connectivity index (χ3n) is 2.64. The SMILES string of the molecule is COc1cccc(C(=O)Nc2ncc(C(C)C)s2)c1. The van der Waals surface area contributed by atoms with Crippen LogP contribution in [0.25, 0.3) is 0 Å². The van der Waals surface area contributed by atoms with Crippen molar-refractivity contribution in [3.8, 4) is 5.75 Å². The van der Waals surface area contributed by atoms with Crippen LogP contribution in [0, 0.1) is 0 Å². The van der Waals surface area contributed by atoms with Gasteiger partial charge in [0.2, 0.25) is 0 Å². The number of anilines is 1. The molecule has 0 atom stereocenters. The van der Waals surface area contributed by atoms with Crippen molar-refractivity contribution >= 4 is 22.4 Å². The molecule has 1 amide bonds. The zero-order chi connectivity index (χ0) is 13.8. The van der Waals surface area contributed by atoms with Gasteiger partial charge in [-0.1, -0.05) is 19.9 Å². The lowest BCUT2D eigenvalue weighted by Gasteiger charge is -2.04. The minimum atomic E-state index is -0.177. The third-order valence-corrected chi connectivity index (χ3v) is 3.86. The highest BCUT2D eigenvalue weighted by Gasteiger charge is 2.11. The normalized spacial score (nSPS) is 10.5. The number of thiazole rings is 1. The molecule has 0 aliphatic heterocycles. The number of benzene rings is 1. The standard InChI is InChI=1S/C14H16N2O2S/c1-9(2)12-8-15-14(19-12)16-13(17)10-5-4-6-11(7-10)18-3/h4-9H,1-3H3,(H,15,16,17). The smallest absolute Gasteiger partial charge is 0.257 e. The van der Waals surface area contributed by atoms with Crippen LogP contribution in [0.3, 0.4) is 0 Å². The van der Waals surface area contributed by atoms with E-state index in [0.717, 1.165) is 4.88 Å². The van der Waals surface area contributed by atoms with E-state index in [-0.39, 0.29) is 5.91 Å². The van der Waals surface area contributed by atoms with E-state index in [9.17, 15) is 4.79 Å². The average Bonchev–Trinajstić information content (AvgIpc) is 2.87. The predicted octanol–water partition coefficient (Wildman–Crippen LogP) is 3.53. The quantitative estimate of drug-likeness (QED) is 0.929. The van der Waals surface area contributed by atoms with Crippen LogP contribution in [0.2, 0.25) is 0 Å². The Morgan fingerprint density at radius 1 is 1.42 bits per heavy atom. The number of hydrogen-bond donors (Lipinski definition) is 1. The number of ether oxygens (including phenoxy) is 1. The Morgan fingerprint density at radius 3 is 2.84 bits per heavy atom. The predicted molar refractivity (Wildman–Crippen MR) is 77.2 cm³/mol. The Hall–Kier alpha value is -1.88. The summed E-state index contributed by atoms with van der Waals surface area (Å²) in [6.07, 6.45) is 1.80. The number of carbonyl (C=O) groups is 1. The second-order valence-electron chi connectivity index (χ2n) is 4.41. The van der Waals surface area contributed by atoms with Crippen LogP contribution in [-0.4, -0.2) is 18.0 Å². The molecule has 0 aliphatic rings. The fourth-order valence-electron chi connectivity index (χ4n) is 1.54. The van der Waals surface area contributed by atoms with Crippen molar-refractivity contribution in [2.75, 3.05) is 12.4 Å². The molecule has 0 saturated carbocycles. The lowest BCUT2D eigenvalue weighted by Crippen LogP contribution is -2.11. The second kappa shape index (κ2) is 5.84. The summed E-state index contributed by atoms with van der Waals surface area (Å²) in [7, 11) is 1.58. The Bertz CT molecular complexity index is 578. The zero-order valence-corrected chi connectivity index (χ0v) is 12.0. The molecule has 1 N–H and O–H groups in total. The van der Waals surface area contributed by atoms with Crippen LogP contribution >= 0.6 is 11.3 Å². The van der Waals surface area contributed by atoms with Gasteiger partial charge in [0.25, 0.3) is 5.91 Å². The number of nitrogens with zero attached hydrogens (tertiary/aromatic N) is 1. The molecule has 0 saturated heterocycles. The summed E-state index contributed by atoms with van der Waals surface area (Å²) < 4.78 is 5.10. The number of carbonyl (C=O) groups excluding carboxylic acids is 1. The van der Waals surface area contributed by atoms with Crippen molar-refractivity contribution in [3.05, 3.63) is 40.9 Å². The maximum atomic E-state index is 12.1. The van der Waals surface area contributed by atoms with Crippen molar-refractivity contribution in [2.24, 2.45) is 0 Å². The molecule has 0 fully saturated rings. The highest BCUT2D eigenvalue weighted by molar-refractivity contribution is 7.15. The zero-order valence-electron chi connectivity index (χ0n) is 11.1. The Kier molecular flexibility index (Phi) is 4.16. The monoisotopic (exact) mass is 276 g/mol. The number of rotatable bonds is 4. The second-order valence-corrected chi connectivity index (χ2v) is 5.47. The van der Waals surface area contributed by atoms with E-state index in [2.05, 4.69) is 24.1 Å². The van der Waals surface area contributed by atoms with Crippen molar-refractivity contribution in [1.29, 1.82) is 0 Å². The van der Waals surface area contributed by atoms with Gasteiger partial charge in [0.1, 0.15) is 5.75 Å². The Balaban J connectivity index is 2.11. The van der Waals surface area contributed by atoms with Gasteiger partial charge in [-0.2, -0.15) is 0 Å². The van der Waals surface area contributed by atoms with Crippen LogP contribution in [-0.2, 0) is 0 Å². The van der Waals surface area contributed by atoms with Gasteiger partial charge in [-0.3, -0.25) is 10.1 Å². The topological polar surface area (TPSA) is 51.2 Å². The summed E-state index contributed by atoms with van der Waals surface area (Å²) in [5, 5.41) is 3.42. The molecule has 0 spiro atoms. The first-order valence-electron chi connectivity index (χ1n) is 6.01. The maximum Gasteiger partial charge on any atom is 0.257 e. The number of hydrogen-bond acceptors (Lipinski definition) is 4. The van der Waals surface area contributed by atoms with Crippen molar-refractivity contribution in [3.63, 3.8) is 0 Å². The molecule has 2 aromatic rings. The van der Waals surface area contributed by atoms with E-state index in [1.54, 1.807) is 37.6 Å². The van der Waals surface area contributed by atoms with E-state index < -0.39 is 0 Å². The Labute approximate surface area is 116 Å². The number of nitrogens with one attached hydrogen (secondary N) is 1. The molecule has 1 heterocycles. The first-order valence-corrected chi connectivity index (χ1v) is 6.83. The van der Waals surface area contributed by atoms with Gasteiger partial charge < -0.3 is 4.74 Å². The number of amides is 1. The van der Waals surface area contributed by atoms with Gasteiger partial charge in [0, 0.05) is 16.6 Å². The van der Waals surface area contributed by atoms with Crippen LogP contribution in [0.4, 0.5) is 5.13 Å². The fourth-order valence-corrected chi connectivity index (χ4v) is 2.36. The first kappa shape index (κ1) is 13.5. The van der Waals surface area contributed by atoms with Gasteiger partial charge in [-0.05, 0) is 24.1 Å². The van der Waals surface area contributed by atoms with E-state index in [1.807, 2.05) is 0 Å². The van der Waals surface area contributed by atoms with Gasteiger partial charge in [-0.25, -0.2) is 4.98 Å². The lowest BCUT2D eigenvalue weighted by molar-refractivity contribution is 0.102. The average molecular weight is 276 g/mol. The maximum absolute atomic E-state index is 12.1. The highest BCUT2D eigenvalue weighted by atomic mass is 32.1. The van der Waals surface area contributed by atoms with Crippen LogP contribution in [0.15, 0.2) is 30.5 Å². The molecule has 100 valence electrons. The number of aromatic nitrogens is 1. The Morgan fingerprint density at radius 2 is 2.21 bits per heavy atom. The van der Waals surface area contributed by atoms with E-state index in [0.29, 0.717) is 22.4 Å². The molecule has 0 radical (unpaired) electrons. The van der Waals surface area contributed by atoms with Crippen LogP contribution in [0.5, 0.6) is 5.75 Å². The van der Waals surface area contributed by atoms with Gasteiger partial charge in [0.15, 0.2) is 5.13 Å². The van der Waals surface area contributed by atoms with Crippen LogP contribution in [0.1, 0.15) is 35.0 Å². The molecule has 2 rings (SSSR count). The van der Waals surface area contributed by atoms with E-state index >= 15 is 0 Å². The van der Waals surface area contributed by atoms with Gasteiger partial charge in [0.05, 0.1) is 7.11 Å². The molecule has 1 aromatic carbocycles. The van der Waals surface area contributed by atoms with Gasteiger partial charge in [-0.15, -0.1) is 11.3 Å². The summed E-state index contributed by atoms with van der Waals surface area (Å²) in [4.78, 5) is 17.4. The molecule has 5 heteroatoms. The van der Waals surface area contributed by atoms with Crippen molar-refractivity contribution in [2.45, 2.75) is 19.8 Å². The molecule has 19 heavy (non-hydrogen) atoms. The van der Waals surface area contributed by atoms with Crippen LogP contribution < -0.4 is 10.1 Å². The molecule has 1 aromatic heterocycles. The summed E-state index contributed by atoms with van der Waals surface area (Å²) in [6.45, 7) is 4.20. The van der Waals surface area contributed by atoms with E-state index in [1.165, 1.54) is 11.3 Å². The molecular formula is C14H16N2O2S. The fraction of sp³-hybridized carbons (Fsp3) is 0.286. The van der Waals surface area contributed by atoms with Gasteiger partial charge >= 0.3 is 0 Å². The van der Waals surface area contributed by atoms with E-state index in [4.69, 9.17) is 4.74 Å². The summed E-state index contributed by atoms with van der Waals surface area (Å²) in [6, 6.07) is 7.04. The third kappa shape index (κ3) is 3.32. The number of methoxy groups -OCH3 is 1. The molecule has 0 aliphatic carbocycles. The lowest BCUT2D eigenvalue weighted by atomic mass is 10.2. The van der Waals surface area contributed by atoms with Crippen molar-refractivity contribution in [1.82, 2.24) is 4.98 Å². The largest absolute Gasteiger partial charge is 0.497 e. The highest BCUT2D eigenvalue weighted by Crippen LogP contribution is 2.25. The summed E-state index contributed by atoms with van der Waals surface area (Å²) in [5.74, 6) is 0.901. The minimum Gasteiger partial charge on any atom is -0.497 e. The minimum absolute atomic E-state index is 0.177. The molecule has 0 unspecified atom stereocenters. The first-order chi connectivity index (χ1) is 9.10. The van der Waals surface area contributed by atoms with Crippen molar-refractivity contribution < 1.29 is 9.53 Å². The molecule has 0 bridgehead atoms. The summed E-state index contributed by atoms with van der Waals surface area (Å²) in [5.41, 5.74) is 0.556.